The van der Waals surface area contributed by atoms with E-state index in [0.29, 0.717) is 18.7 Å². The second-order valence-corrected chi connectivity index (χ2v) is 7.37. The summed E-state index contributed by atoms with van der Waals surface area (Å²) in [5.41, 5.74) is 0.513. The first kappa shape index (κ1) is 15.9. The fourth-order valence-electron chi connectivity index (χ4n) is 2.13. The number of amides is 1. The molecule has 1 aliphatic rings. The lowest BCUT2D eigenvalue weighted by Crippen LogP contribution is -2.26. The molecule has 1 aromatic heterocycles. The minimum atomic E-state index is -3.81. The Bertz CT molecular complexity index is 767. The summed E-state index contributed by atoms with van der Waals surface area (Å²) in [6, 6.07) is 5.85. The molecule has 1 atom stereocenters. The van der Waals surface area contributed by atoms with Crippen LogP contribution in [0.3, 0.4) is 0 Å². The standard InChI is InChI=1S/C14H15N3O4S2/c18-13(12-2-1-8-21-12)16-10-3-5-11(6-4-10)23(19,20)17-14-15-7-9-22-14/h3-7,9,12H,1-2,8H2,(H2,15,16,17,18)/p-1. The van der Waals surface area contributed by atoms with Crippen LogP contribution in [0.4, 0.5) is 10.8 Å². The van der Waals surface area contributed by atoms with Crippen LogP contribution in [-0.2, 0) is 19.6 Å². The minimum Gasteiger partial charge on any atom is -0.433 e. The Hall–Kier alpha value is -1.97. The summed E-state index contributed by atoms with van der Waals surface area (Å²) >= 11 is 1.14. The van der Waals surface area contributed by atoms with Crippen molar-refractivity contribution < 1.29 is 17.9 Å². The molecule has 0 bridgehead atoms. The van der Waals surface area contributed by atoms with Gasteiger partial charge in [-0.2, -0.15) is 11.3 Å². The summed E-state index contributed by atoms with van der Waals surface area (Å²) in [6.45, 7) is 0.591. The van der Waals surface area contributed by atoms with E-state index in [9.17, 15) is 13.2 Å². The van der Waals surface area contributed by atoms with Crippen LogP contribution in [0.15, 0.2) is 40.7 Å². The van der Waals surface area contributed by atoms with Crippen LogP contribution in [0.2, 0.25) is 0 Å². The molecule has 1 aromatic carbocycles. The van der Waals surface area contributed by atoms with Crippen LogP contribution in [0.1, 0.15) is 12.8 Å². The lowest BCUT2D eigenvalue weighted by Gasteiger charge is -2.13. The highest BCUT2D eigenvalue weighted by Crippen LogP contribution is 2.29. The van der Waals surface area contributed by atoms with E-state index in [1.807, 2.05) is 0 Å². The Balaban J connectivity index is 1.67. The van der Waals surface area contributed by atoms with Crippen molar-refractivity contribution in [1.29, 1.82) is 0 Å². The van der Waals surface area contributed by atoms with E-state index in [-0.39, 0.29) is 15.9 Å². The van der Waals surface area contributed by atoms with Crippen LogP contribution >= 0.6 is 11.3 Å². The molecule has 7 nitrogen and oxygen atoms in total. The van der Waals surface area contributed by atoms with Crippen molar-refractivity contribution in [2.24, 2.45) is 0 Å². The minimum absolute atomic E-state index is 0.0443. The van der Waals surface area contributed by atoms with E-state index in [2.05, 4.69) is 15.0 Å². The van der Waals surface area contributed by atoms with Crippen molar-refractivity contribution in [3.05, 3.63) is 40.6 Å². The van der Waals surface area contributed by atoms with Crippen LogP contribution in [0.5, 0.6) is 0 Å². The highest BCUT2D eigenvalue weighted by atomic mass is 32.2. The van der Waals surface area contributed by atoms with Gasteiger partial charge in [0.1, 0.15) is 6.10 Å². The molecule has 1 amide bonds. The molecule has 0 saturated carbocycles. The van der Waals surface area contributed by atoms with Gasteiger partial charge in [-0.05, 0) is 42.5 Å². The maximum atomic E-state index is 12.1. The SMILES string of the molecule is O=C(Nc1ccc(S(=O)(=O)[N-]c2nccs2)cc1)C1CCCO1. The van der Waals surface area contributed by atoms with Gasteiger partial charge in [-0.3, -0.25) is 4.79 Å². The summed E-state index contributed by atoms with van der Waals surface area (Å²) in [6.07, 6.45) is 2.62. The van der Waals surface area contributed by atoms with E-state index in [1.54, 1.807) is 5.38 Å². The Morgan fingerprint density at radius 3 is 2.74 bits per heavy atom. The van der Waals surface area contributed by atoms with Gasteiger partial charge in [0.2, 0.25) is 10.0 Å². The van der Waals surface area contributed by atoms with E-state index in [1.165, 1.54) is 30.5 Å². The Morgan fingerprint density at radius 2 is 2.13 bits per heavy atom. The summed E-state index contributed by atoms with van der Waals surface area (Å²) in [5, 5.41) is 4.54. The molecular weight excluding hydrogens is 338 g/mol. The van der Waals surface area contributed by atoms with E-state index in [4.69, 9.17) is 4.74 Å². The molecule has 0 spiro atoms. The molecule has 1 unspecified atom stereocenters. The zero-order valence-corrected chi connectivity index (χ0v) is 13.6. The summed E-state index contributed by atoms with van der Waals surface area (Å²) < 4.78 is 33.2. The molecular formula is C14H14N3O4S2-. The van der Waals surface area contributed by atoms with Crippen LogP contribution in [0.25, 0.3) is 4.72 Å². The first-order valence-corrected chi connectivity index (χ1v) is 9.27. The summed E-state index contributed by atoms with van der Waals surface area (Å²) in [5.74, 6) is -0.217. The van der Waals surface area contributed by atoms with Gasteiger partial charge in [-0.25, -0.2) is 8.42 Å². The van der Waals surface area contributed by atoms with Gasteiger partial charge in [0.15, 0.2) is 0 Å². The maximum Gasteiger partial charge on any atom is 0.253 e. The number of nitrogens with zero attached hydrogens (tertiary/aromatic N) is 2. The Morgan fingerprint density at radius 1 is 1.35 bits per heavy atom. The molecule has 3 rings (SSSR count). The lowest BCUT2D eigenvalue weighted by atomic mass is 10.2. The lowest BCUT2D eigenvalue weighted by molar-refractivity contribution is -0.124. The zero-order valence-electron chi connectivity index (χ0n) is 12.0. The topological polar surface area (TPSA) is 99.5 Å². The number of benzene rings is 1. The average Bonchev–Trinajstić information content (AvgIpc) is 3.20. The number of carbonyl (C=O) groups is 1. The van der Waals surface area contributed by atoms with E-state index >= 15 is 0 Å². The van der Waals surface area contributed by atoms with Crippen LogP contribution < -0.4 is 5.32 Å². The first-order valence-electron chi connectivity index (χ1n) is 6.95. The molecule has 0 radical (unpaired) electrons. The third-order valence-electron chi connectivity index (χ3n) is 3.26. The number of ether oxygens (including phenoxy) is 1. The van der Waals surface area contributed by atoms with Crippen molar-refractivity contribution in [3.63, 3.8) is 0 Å². The number of anilines is 1. The second kappa shape index (κ2) is 6.65. The van der Waals surface area contributed by atoms with Gasteiger partial charge in [0.25, 0.3) is 5.91 Å². The molecule has 1 saturated heterocycles. The van der Waals surface area contributed by atoms with Gasteiger partial charge < -0.3 is 19.8 Å². The average molecular weight is 352 g/mol. The van der Waals surface area contributed by atoms with Crippen molar-refractivity contribution in [2.75, 3.05) is 11.9 Å². The molecule has 1 N–H and O–H groups in total. The van der Waals surface area contributed by atoms with Gasteiger partial charge in [0.05, 0.1) is 4.90 Å². The zero-order chi connectivity index (χ0) is 16.3. The highest BCUT2D eigenvalue weighted by Gasteiger charge is 2.23. The Kier molecular flexibility index (Phi) is 4.60. The predicted molar refractivity (Wildman–Crippen MR) is 86.4 cm³/mol. The predicted octanol–water partition coefficient (Wildman–Crippen LogP) is 2.65. The molecule has 1 fully saturated rings. The van der Waals surface area contributed by atoms with Gasteiger partial charge >= 0.3 is 0 Å². The molecule has 122 valence electrons. The Labute approximate surface area is 137 Å². The first-order chi connectivity index (χ1) is 11.0. The van der Waals surface area contributed by atoms with Crippen molar-refractivity contribution in [3.8, 4) is 0 Å². The number of thiazole rings is 1. The molecule has 9 heteroatoms. The number of hydrogen-bond acceptors (Lipinski definition) is 6. The van der Waals surface area contributed by atoms with Crippen molar-refractivity contribution in [2.45, 2.75) is 23.8 Å². The quantitative estimate of drug-likeness (QED) is 0.892. The molecule has 2 heterocycles. The smallest absolute Gasteiger partial charge is 0.253 e. The monoisotopic (exact) mass is 352 g/mol. The summed E-state index contributed by atoms with van der Waals surface area (Å²) in [7, 11) is -3.81. The number of aromatic nitrogens is 1. The van der Waals surface area contributed by atoms with Gasteiger partial charge in [-0.15, -0.1) is 0 Å². The van der Waals surface area contributed by atoms with E-state index < -0.39 is 16.1 Å². The molecule has 0 aliphatic carbocycles. The van der Waals surface area contributed by atoms with E-state index in [0.717, 1.165) is 17.8 Å². The maximum absolute atomic E-state index is 12.1. The van der Waals surface area contributed by atoms with Crippen molar-refractivity contribution >= 4 is 38.1 Å². The molecule has 1 aliphatic heterocycles. The van der Waals surface area contributed by atoms with Gasteiger partial charge in [-0.1, -0.05) is 6.20 Å². The number of hydrogen-bond donors (Lipinski definition) is 1. The number of sulfonamides is 1. The number of carbonyl (C=O) groups excluding carboxylic acids is 1. The van der Waals surface area contributed by atoms with Crippen LogP contribution in [-0.4, -0.2) is 32.0 Å². The summed E-state index contributed by atoms with van der Waals surface area (Å²) in [4.78, 5) is 15.8. The fraction of sp³-hybridized carbons (Fsp3) is 0.286. The van der Waals surface area contributed by atoms with Crippen molar-refractivity contribution in [1.82, 2.24) is 4.98 Å². The molecule has 23 heavy (non-hydrogen) atoms. The highest BCUT2D eigenvalue weighted by molar-refractivity contribution is 7.94. The fourth-order valence-corrected chi connectivity index (χ4v) is 3.80. The number of rotatable bonds is 5. The normalized spacial score (nSPS) is 17.8. The van der Waals surface area contributed by atoms with Gasteiger partial charge in [0, 0.05) is 17.4 Å². The second-order valence-electron chi connectivity index (χ2n) is 4.90. The van der Waals surface area contributed by atoms with Crippen LogP contribution in [0, 0.1) is 0 Å². The molecule has 2 aromatic rings. The largest absolute Gasteiger partial charge is 0.433 e. The number of nitrogens with one attached hydrogen (secondary N) is 1. The third-order valence-corrected chi connectivity index (χ3v) is 5.32. The third kappa shape index (κ3) is 3.87.